The molecule has 2 heterocycles. The maximum Gasteiger partial charge on any atom is 0.339 e. The monoisotopic (exact) mass is 418 g/mol. The van der Waals surface area contributed by atoms with Crippen molar-refractivity contribution >= 4 is 56.9 Å². The molecule has 0 aliphatic rings. The smallest absolute Gasteiger partial charge is 0.339 e. The number of carboxylic acid groups (broad SMARTS) is 1. The Hall–Kier alpha value is -2.96. The highest BCUT2D eigenvalue weighted by molar-refractivity contribution is 6.38. The lowest BCUT2D eigenvalue weighted by Crippen LogP contribution is -2.01. The van der Waals surface area contributed by atoms with Gasteiger partial charge in [-0.15, -0.1) is 0 Å². The number of nitrogens with one attached hydrogen (secondary N) is 2. The van der Waals surface area contributed by atoms with Crippen LogP contribution in [0.1, 0.15) is 26.4 Å². The Bertz CT molecular complexity index is 1190. The first-order valence-corrected chi connectivity index (χ1v) is 8.94. The number of benzene rings is 2. The Kier molecular flexibility index (Phi) is 5.63. The Morgan fingerprint density at radius 3 is 2.29 bits per heavy atom. The van der Waals surface area contributed by atoms with E-state index in [9.17, 15) is 9.59 Å². The van der Waals surface area contributed by atoms with E-state index in [1.807, 2.05) is 19.1 Å². The molecule has 0 bridgehead atoms. The fraction of sp³-hybridized carbons (Fsp3) is 0.100. The van der Waals surface area contributed by atoms with E-state index in [0.29, 0.717) is 15.6 Å². The normalized spacial score (nSPS) is 10.6. The number of halogens is 2. The first-order valence-electron chi connectivity index (χ1n) is 8.18. The topological polar surface area (TPSA) is 95.2 Å². The highest BCUT2D eigenvalue weighted by Crippen LogP contribution is 2.28. The quantitative estimate of drug-likeness (QED) is 0.377. The van der Waals surface area contributed by atoms with Crippen molar-refractivity contribution in [3.8, 4) is 0 Å². The van der Waals surface area contributed by atoms with E-state index >= 15 is 0 Å². The number of aryl methyl sites for hydroxylation is 1. The maximum absolute atomic E-state index is 11.3. The van der Waals surface area contributed by atoms with Crippen molar-refractivity contribution < 1.29 is 19.4 Å². The zero-order valence-corrected chi connectivity index (χ0v) is 16.5. The largest absolute Gasteiger partial charge is 0.478 e. The van der Waals surface area contributed by atoms with E-state index < -0.39 is 11.9 Å². The van der Waals surface area contributed by atoms with Crippen molar-refractivity contribution in [1.29, 1.82) is 0 Å². The second-order valence-corrected chi connectivity index (χ2v) is 6.76. The lowest BCUT2D eigenvalue weighted by molar-refractivity contribution is 0.0600. The van der Waals surface area contributed by atoms with Gasteiger partial charge in [-0.25, -0.2) is 9.59 Å². The van der Waals surface area contributed by atoms with Gasteiger partial charge in [-0.1, -0.05) is 23.2 Å². The van der Waals surface area contributed by atoms with Gasteiger partial charge in [0, 0.05) is 33.7 Å². The van der Waals surface area contributed by atoms with Crippen LogP contribution >= 0.6 is 23.2 Å². The SMILES string of the molecule is COC(=O)c1ccc2[nH]ccc2c1Cl.Cc1cc2c(Cl)c(C(=O)O)ccc2[nH]1. The maximum atomic E-state index is 11.3. The average molecular weight is 419 g/mol. The molecule has 8 heteroatoms. The lowest BCUT2D eigenvalue weighted by Gasteiger charge is -2.02. The number of aromatic carboxylic acids is 1. The van der Waals surface area contributed by atoms with Gasteiger partial charge in [0.05, 0.1) is 28.3 Å². The first kappa shape index (κ1) is 19.8. The summed E-state index contributed by atoms with van der Waals surface area (Å²) in [5, 5.41) is 11.1. The summed E-state index contributed by atoms with van der Waals surface area (Å²) < 4.78 is 4.61. The van der Waals surface area contributed by atoms with Gasteiger partial charge in [-0.05, 0) is 43.3 Å². The van der Waals surface area contributed by atoms with E-state index in [0.717, 1.165) is 27.5 Å². The molecule has 0 atom stereocenters. The van der Waals surface area contributed by atoms with Crippen molar-refractivity contribution in [3.05, 3.63) is 69.5 Å². The molecule has 0 aliphatic heterocycles. The Morgan fingerprint density at radius 2 is 1.61 bits per heavy atom. The van der Waals surface area contributed by atoms with Crippen LogP contribution in [0.5, 0.6) is 0 Å². The minimum Gasteiger partial charge on any atom is -0.478 e. The van der Waals surface area contributed by atoms with Gasteiger partial charge in [0.1, 0.15) is 0 Å². The van der Waals surface area contributed by atoms with E-state index in [1.54, 1.807) is 24.4 Å². The number of carboxylic acids is 1. The third kappa shape index (κ3) is 3.69. The van der Waals surface area contributed by atoms with E-state index in [-0.39, 0.29) is 5.56 Å². The molecule has 0 spiro atoms. The zero-order chi connectivity index (χ0) is 20.4. The van der Waals surface area contributed by atoms with Crippen LogP contribution in [0.25, 0.3) is 21.8 Å². The number of H-pyrrole nitrogens is 2. The summed E-state index contributed by atoms with van der Waals surface area (Å²) in [6.45, 7) is 1.90. The Morgan fingerprint density at radius 1 is 0.964 bits per heavy atom. The fourth-order valence-corrected chi connectivity index (χ4v) is 3.44. The zero-order valence-electron chi connectivity index (χ0n) is 15.0. The Balaban J connectivity index is 0.000000161. The number of fused-ring (bicyclic) bond motifs is 2. The van der Waals surface area contributed by atoms with Crippen LogP contribution in [0, 0.1) is 6.92 Å². The molecular formula is C20H16Cl2N2O4. The molecule has 0 fully saturated rings. The summed E-state index contributed by atoms with van der Waals surface area (Å²) in [4.78, 5) is 28.2. The molecule has 144 valence electrons. The summed E-state index contributed by atoms with van der Waals surface area (Å²) >= 11 is 12.0. The van der Waals surface area contributed by atoms with Gasteiger partial charge in [-0.2, -0.15) is 0 Å². The number of aromatic nitrogens is 2. The van der Waals surface area contributed by atoms with Gasteiger partial charge < -0.3 is 19.8 Å². The summed E-state index contributed by atoms with van der Waals surface area (Å²) in [7, 11) is 1.33. The molecule has 3 N–H and O–H groups in total. The number of carbonyl (C=O) groups excluding carboxylic acids is 1. The molecule has 4 aromatic rings. The summed E-state index contributed by atoms with van der Waals surface area (Å²) in [5.41, 5.74) is 3.25. The lowest BCUT2D eigenvalue weighted by atomic mass is 10.1. The number of hydrogen-bond donors (Lipinski definition) is 3. The second kappa shape index (κ2) is 7.96. The third-order valence-corrected chi connectivity index (χ3v) is 4.99. The summed E-state index contributed by atoms with van der Waals surface area (Å²) in [6, 6.07) is 10.3. The van der Waals surface area contributed by atoms with E-state index in [2.05, 4.69) is 14.7 Å². The molecule has 0 radical (unpaired) electrons. The summed E-state index contributed by atoms with van der Waals surface area (Å²) in [6.07, 6.45) is 1.78. The molecule has 2 aromatic carbocycles. The number of aromatic amines is 2. The standard InChI is InChI=1S/2C10H8ClNO2/c1-14-10(13)7-2-3-8-6(9(7)11)4-5-12-8;1-5-4-7-8(12-5)3-2-6(9(7)11)10(13)14/h2-5,12H,1H3;2-4,12H,1H3,(H,13,14). The predicted molar refractivity (Wildman–Crippen MR) is 110 cm³/mol. The molecule has 4 rings (SSSR count). The van der Waals surface area contributed by atoms with Gasteiger partial charge in [0.15, 0.2) is 0 Å². The van der Waals surface area contributed by atoms with Gasteiger partial charge >= 0.3 is 11.9 Å². The molecule has 28 heavy (non-hydrogen) atoms. The minimum absolute atomic E-state index is 0.137. The molecule has 0 aliphatic carbocycles. The fourth-order valence-electron chi connectivity index (χ4n) is 2.84. The number of carbonyl (C=O) groups is 2. The number of ether oxygens (including phenoxy) is 1. The molecule has 2 aromatic heterocycles. The molecule has 0 unspecified atom stereocenters. The molecular weight excluding hydrogens is 403 g/mol. The van der Waals surface area contributed by atoms with E-state index in [4.69, 9.17) is 28.3 Å². The van der Waals surface area contributed by atoms with Crippen molar-refractivity contribution in [1.82, 2.24) is 9.97 Å². The minimum atomic E-state index is -1.00. The molecule has 0 saturated heterocycles. The average Bonchev–Trinajstić information content (AvgIpc) is 3.28. The number of rotatable bonds is 2. The van der Waals surface area contributed by atoms with Crippen LogP contribution in [-0.2, 0) is 4.74 Å². The molecule has 6 nitrogen and oxygen atoms in total. The van der Waals surface area contributed by atoms with Crippen LogP contribution < -0.4 is 0 Å². The second-order valence-electron chi connectivity index (χ2n) is 6.00. The first-order chi connectivity index (χ1) is 13.3. The number of esters is 1. The van der Waals surface area contributed by atoms with Crippen LogP contribution in [-0.4, -0.2) is 34.1 Å². The van der Waals surface area contributed by atoms with Crippen molar-refractivity contribution in [2.24, 2.45) is 0 Å². The van der Waals surface area contributed by atoms with Crippen molar-refractivity contribution in [2.75, 3.05) is 7.11 Å². The van der Waals surface area contributed by atoms with Crippen molar-refractivity contribution in [3.63, 3.8) is 0 Å². The van der Waals surface area contributed by atoms with Crippen LogP contribution in [0.3, 0.4) is 0 Å². The van der Waals surface area contributed by atoms with Crippen LogP contribution in [0.2, 0.25) is 10.0 Å². The summed E-state index contributed by atoms with van der Waals surface area (Å²) in [5.74, 6) is -1.42. The van der Waals surface area contributed by atoms with Crippen LogP contribution in [0.4, 0.5) is 0 Å². The number of methoxy groups -OCH3 is 1. The highest BCUT2D eigenvalue weighted by Gasteiger charge is 2.13. The number of hydrogen-bond acceptors (Lipinski definition) is 3. The van der Waals surface area contributed by atoms with Gasteiger partial charge in [0.2, 0.25) is 0 Å². The van der Waals surface area contributed by atoms with Crippen molar-refractivity contribution in [2.45, 2.75) is 6.92 Å². The van der Waals surface area contributed by atoms with Crippen LogP contribution in [0.15, 0.2) is 42.6 Å². The Labute approximate surface area is 170 Å². The van der Waals surface area contributed by atoms with Gasteiger partial charge in [0.25, 0.3) is 0 Å². The van der Waals surface area contributed by atoms with Gasteiger partial charge in [-0.3, -0.25) is 0 Å². The molecule has 0 amide bonds. The highest BCUT2D eigenvalue weighted by atomic mass is 35.5. The third-order valence-electron chi connectivity index (χ3n) is 4.18. The predicted octanol–water partition coefficient (Wildman–Crippen LogP) is 5.44. The molecule has 0 saturated carbocycles. The van der Waals surface area contributed by atoms with E-state index in [1.165, 1.54) is 13.2 Å².